The van der Waals surface area contributed by atoms with E-state index in [1.807, 2.05) is 4.68 Å². The molecule has 4 rings (SSSR count). The van der Waals surface area contributed by atoms with Crippen molar-refractivity contribution in [3.05, 3.63) is 42.1 Å². The van der Waals surface area contributed by atoms with Crippen molar-refractivity contribution >= 4 is 21.7 Å². The lowest BCUT2D eigenvalue weighted by atomic mass is 9.95. The maximum absolute atomic E-state index is 13.5. The molecular weight excluding hydrogens is 426 g/mol. The summed E-state index contributed by atoms with van der Waals surface area (Å²) in [6, 6.07) is 4.63. The highest BCUT2D eigenvalue weighted by atomic mass is 32.2. The number of hydrogen-bond acceptors (Lipinski definition) is 4. The zero-order valence-corrected chi connectivity index (χ0v) is 18.0. The molecular formula is C21H26F2N4O3S. The van der Waals surface area contributed by atoms with Crippen molar-refractivity contribution in [1.82, 2.24) is 14.1 Å². The van der Waals surface area contributed by atoms with Crippen LogP contribution in [0.4, 0.5) is 14.6 Å². The van der Waals surface area contributed by atoms with Crippen molar-refractivity contribution in [2.45, 2.75) is 55.9 Å². The van der Waals surface area contributed by atoms with Crippen LogP contribution in [0.25, 0.3) is 0 Å². The zero-order valence-electron chi connectivity index (χ0n) is 17.1. The van der Waals surface area contributed by atoms with E-state index in [1.54, 1.807) is 12.3 Å². The van der Waals surface area contributed by atoms with Gasteiger partial charge in [-0.3, -0.25) is 4.79 Å². The monoisotopic (exact) mass is 452 g/mol. The molecule has 1 aliphatic carbocycles. The van der Waals surface area contributed by atoms with Crippen LogP contribution in [0.5, 0.6) is 0 Å². The molecule has 0 unspecified atom stereocenters. The molecule has 1 aromatic carbocycles. The van der Waals surface area contributed by atoms with Gasteiger partial charge in [0.2, 0.25) is 15.9 Å². The highest BCUT2D eigenvalue weighted by molar-refractivity contribution is 7.89. The number of aromatic nitrogens is 2. The fourth-order valence-corrected chi connectivity index (χ4v) is 5.88. The minimum atomic E-state index is -3.94. The first-order valence-electron chi connectivity index (χ1n) is 10.7. The van der Waals surface area contributed by atoms with Crippen LogP contribution in [0.2, 0.25) is 0 Å². The largest absolute Gasteiger partial charge is 0.311 e. The molecule has 0 spiro atoms. The van der Waals surface area contributed by atoms with E-state index in [1.165, 1.54) is 10.7 Å². The predicted molar refractivity (Wildman–Crippen MR) is 111 cm³/mol. The summed E-state index contributed by atoms with van der Waals surface area (Å²) in [5, 5.41) is 7.35. The number of anilines is 1. The average molecular weight is 453 g/mol. The predicted octanol–water partition coefficient (Wildman–Crippen LogP) is 3.71. The fraction of sp³-hybridized carbons (Fsp3) is 0.524. The first-order chi connectivity index (χ1) is 14.9. The van der Waals surface area contributed by atoms with E-state index >= 15 is 0 Å². The van der Waals surface area contributed by atoms with Crippen molar-refractivity contribution < 1.29 is 22.0 Å². The summed E-state index contributed by atoms with van der Waals surface area (Å²) < 4.78 is 55.2. The number of carbonyl (C=O) groups is 1. The van der Waals surface area contributed by atoms with Crippen LogP contribution in [0, 0.1) is 17.6 Å². The van der Waals surface area contributed by atoms with Gasteiger partial charge in [0.15, 0.2) is 11.6 Å². The van der Waals surface area contributed by atoms with Crippen LogP contribution in [-0.2, 0) is 14.8 Å². The molecule has 1 aliphatic heterocycles. The van der Waals surface area contributed by atoms with Gasteiger partial charge in [-0.05, 0) is 43.9 Å². The van der Waals surface area contributed by atoms with Crippen molar-refractivity contribution in [2.24, 2.45) is 5.92 Å². The number of rotatable bonds is 5. The Hall–Kier alpha value is -2.33. The zero-order chi connectivity index (χ0) is 22.0. The Kier molecular flexibility index (Phi) is 6.38. The number of benzene rings is 1. The molecule has 31 heavy (non-hydrogen) atoms. The number of sulfonamides is 1. The molecule has 1 saturated carbocycles. The SMILES string of the molecule is O=C(Nc1ccnn1C1CCCCC1)C1CCN(S(=O)(=O)c2ccc(F)c(F)c2)CC1. The molecule has 7 nitrogen and oxygen atoms in total. The lowest BCUT2D eigenvalue weighted by Crippen LogP contribution is -2.41. The summed E-state index contributed by atoms with van der Waals surface area (Å²) >= 11 is 0. The Balaban J connectivity index is 1.37. The molecule has 1 N–H and O–H groups in total. The van der Waals surface area contributed by atoms with E-state index in [2.05, 4.69) is 10.4 Å². The molecule has 2 fully saturated rings. The first-order valence-corrected chi connectivity index (χ1v) is 12.1. The summed E-state index contributed by atoms with van der Waals surface area (Å²) in [6.07, 6.45) is 8.02. The number of hydrogen-bond donors (Lipinski definition) is 1. The van der Waals surface area contributed by atoms with Crippen molar-refractivity contribution in [1.29, 1.82) is 0 Å². The van der Waals surface area contributed by atoms with Gasteiger partial charge >= 0.3 is 0 Å². The Morgan fingerprint density at radius 2 is 1.71 bits per heavy atom. The molecule has 0 radical (unpaired) electrons. The van der Waals surface area contributed by atoms with Gasteiger partial charge in [-0.15, -0.1) is 0 Å². The lowest BCUT2D eigenvalue weighted by Gasteiger charge is -2.31. The Morgan fingerprint density at radius 1 is 1.00 bits per heavy atom. The summed E-state index contributed by atoms with van der Waals surface area (Å²) in [5.74, 6) is -2.10. The van der Waals surface area contributed by atoms with E-state index < -0.39 is 21.7 Å². The molecule has 2 aromatic rings. The third-order valence-electron chi connectivity index (χ3n) is 6.20. The second-order valence-corrected chi connectivity index (χ2v) is 10.1. The van der Waals surface area contributed by atoms with Gasteiger partial charge in [-0.25, -0.2) is 21.9 Å². The van der Waals surface area contributed by atoms with Crippen molar-refractivity contribution in [3.63, 3.8) is 0 Å². The van der Waals surface area contributed by atoms with Gasteiger partial charge in [0.1, 0.15) is 5.82 Å². The third-order valence-corrected chi connectivity index (χ3v) is 8.09. The standard InChI is InChI=1S/C21H26F2N4O3S/c22-18-7-6-17(14-19(18)23)31(29,30)26-12-9-15(10-13-26)21(28)25-20-8-11-24-27(20)16-4-2-1-3-5-16/h6-8,11,14-16H,1-5,9-10,12-13H2,(H,25,28). The van der Waals surface area contributed by atoms with Crippen LogP contribution in [0.15, 0.2) is 35.4 Å². The minimum Gasteiger partial charge on any atom is -0.311 e. The summed E-state index contributed by atoms with van der Waals surface area (Å²) in [7, 11) is -3.94. The van der Waals surface area contributed by atoms with Gasteiger partial charge in [0.05, 0.1) is 17.1 Å². The summed E-state index contributed by atoms with van der Waals surface area (Å²) in [5.41, 5.74) is 0. The van der Waals surface area contributed by atoms with E-state index in [9.17, 15) is 22.0 Å². The topological polar surface area (TPSA) is 84.3 Å². The lowest BCUT2D eigenvalue weighted by molar-refractivity contribution is -0.121. The highest BCUT2D eigenvalue weighted by Gasteiger charge is 2.33. The second-order valence-electron chi connectivity index (χ2n) is 8.20. The first kappa shape index (κ1) is 21.9. The molecule has 10 heteroatoms. The summed E-state index contributed by atoms with van der Waals surface area (Å²) in [4.78, 5) is 12.5. The summed E-state index contributed by atoms with van der Waals surface area (Å²) in [6.45, 7) is 0.280. The van der Waals surface area contributed by atoms with Gasteiger partial charge in [-0.2, -0.15) is 9.40 Å². The molecule has 1 saturated heterocycles. The normalized spacial score (nSPS) is 19.4. The second kappa shape index (κ2) is 9.04. The van der Waals surface area contributed by atoms with Crippen molar-refractivity contribution in [2.75, 3.05) is 18.4 Å². The molecule has 2 aliphatic rings. The van der Waals surface area contributed by atoms with E-state index in [0.29, 0.717) is 30.8 Å². The number of carbonyl (C=O) groups excluding carboxylic acids is 1. The molecule has 2 heterocycles. The van der Waals surface area contributed by atoms with Gasteiger partial charge in [0.25, 0.3) is 0 Å². The maximum Gasteiger partial charge on any atom is 0.243 e. The number of piperidine rings is 1. The van der Waals surface area contributed by atoms with Gasteiger partial charge < -0.3 is 5.32 Å². The van der Waals surface area contributed by atoms with Gasteiger partial charge in [0, 0.05) is 25.1 Å². The smallest absolute Gasteiger partial charge is 0.243 e. The van der Waals surface area contributed by atoms with E-state index in [-0.39, 0.29) is 29.8 Å². The van der Waals surface area contributed by atoms with E-state index in [4.69, 9.17) is 0 Å². The van der Waals surface area contributed by atoms with Crippen molar-refractivity contribution in [3.8, 4) is 0 Å². The number of nitrogens with zero attached hydrogens (tertiary/aromatic N) is 3. The Bertz CT molecular complexity index is 1040. The van der Waals surface area contributed by atoms with Crippen LogP contribution < -0.4 is 5.32 Å². The van der Waals surface area contributed by atoms with Crippen LogP contribution in [0.1, 0.15) is 51.0 Å². The fourth-order valence-electron chi connectivity index (χ4n) is 4.40. The highest BCUT2D eigenvalue weighted by Crippen LogP contribution is 2.31. The quantitative estimate of drug-likeness (QED) is 0.750. The van der Waals surface area contributed by atoms with Gasteiger partial charge in [-0.1, -0.05) is 19.3 Å². The Labute approximate surface area is 180 Å². The molecule has 0 atom stereocenters. The van der Waals surface area contributed by atoms with Crippen LogP contribution in [0.3, 0.4) is 0 Å². The average Bonchev–Trinajstić information content (AvgIpc) is 3.24. The number of nitrogens with one attached hydrogen (secondary N) is 1. The molecule has 168 valence electrons. The van der Waals surface area contributed by atoms with E-state index in [0.717, 1.165) is 37.8 Å². The maximum atomic E-state index is 13.5. The molecule has 1 aromatic heterocycles. The number of halogens is 2. The Morgan fingerprint density at radius 3 is 2.39 bits per heavy atom. The molecule has 0 bridgehead atoms. The molecule has 1 amide bonds. The van der Waals surface area contributed by atoms with Crippen LogP contribution in [-0.4, -0.2) is 41.5 Å². The number of amides is 1. The third kappa shape index (κ3) is 4.64. The minimum absolute atomic E-state index is 0.140. The van der Waals surface area contributed by atoms with Crippen LogP contribution >= 0.6 is 0 Å².